The minimum Gasteiger partial charge on any atom is -0.490 e. The lowest BCUT2D eigenvalue weighted by Crippen LogP contribution is -2.20. The number of rotatable bonds is 8. The van der Waals surface area contributed by atoms with Gasteiger partial charge in [-0.2, -0.15) is 15.0 Å². The van der Waals surface area contributed by atoms with E-state index >= 15 is 0 Å². The lowest BCUT2D eigenvalue weighted by molar-refractivity contribution is 0.267. The highest BCUT2D eigenvalue weighted by molar-refractivity contribution is 14.1. The number of nitrogens with zero attached hydrogens (tertiary/aromatic N) is 4. The molecule has 0 amide bonds. The van der Waals surface area contributed by atoms with Gasteiger partial charge in [0.15, 0.2) is 17.3 Å². The van der Waals surface area contributed by atoms with E-state index in [1.54, 1.807) is 36.5 Å². The van der Waals surface area contributed by atoms with E-state index in [0.717, 1.165) is 19.0 Å². The maximum atomic E-state index is 13.7. The summed E-state index contributed by atoms with van der Waals surface area (Å²) in [6.07, 6.45) is 1.58. The van der Waals surface area contributed by atoms with Gasteiger partial charge in [0, 0.05) is 15.4 Å². The Kier molecular flexibility index (Phi) is 8.26. The summed E-state index contributed by atoms with van der Waals surface area (Å²) in [5, 5.41) is 15.3. The van der Waals surface area contributed by atoms with Crippen LogP contribution in [0.4, 0.5) is 0 Å². The van der Waals surface area contributed by atoms with E-state index < -0.39 is 0 Å². The van der Waals surface area contributed by atoms with E-state index in [2.05, 4.69) is 49.7 Å². The summed E-state index contributed by atoms with van der Waals surface area (Å²) < 4.78 is 21.1. The summed E-state index contributed by atoms with van der Waals surface area (Å²) in [6.45, 7) is 2.52. The van der Waals surface area contributed by atoms with Crippen LogP contribution >= 0.6 is 38.5 Å². The molecular weight excluding hydrogens is 723 g/mol. The molecule has 0 fully saturated rings. The zero-order valence-electron chi connectivity index (χ0n) is 22.8. The molecular formula is C33H22BrIN4O4. The molecule has 43 heavy (non-hydrogen) atoms. The number of hydrogen-bond acceptors (Lipinski definition) is 7. The maximum absolute atomic E-state index is 13.7. The molecule has 212 valence electrons. The first kappa shape index (κ1) is 28.6. The summed E-state index contributed by atoms with van der Waals surface area (Å²) in [6, 6.07) is 27.9. The Morgan fingerprint density at radius 2 is 1.88 bits per heavy atom. The Labute approximate surface area is 268 Å². The largest absolute Gasteiger partial charge is 0.490 e. The summed E-state index contributed by atoms with van der Waals surface area (Å²) in [5.41, 5.74) is 2.92. The number of nitriles is 1. The van der Waals surface area contributed by atoms with Gasteiger partial charge in [-0.15, -0.1) is 0 Å². The van der Waals surface area contributed by atoms with Gasteiger partial charge in [0.2, 0.25) is 5.82 Å². The van der Waals surface area contributed by atoms with Gasteiger partial charge in [-0.3, -0.25) is 4.79 Å². The van der Waals surface area contributed by atoms with Gasteiger partial charge in [-0.05, 0) is 89.7 Å². The molecule has 2 aromatic heterocycles. The molecule has 10 heteroatoms. The fraction of sp³-hybridized carbons (Fsp3) is 0.0909. The second kappa shape index (κ2) is 12.4. The fourth-order valence-corrected chi connectivity index (χ4v) is 5.77. The highest BCUT2D eigenvalue weighted by atomic mass is 127. The van der Waals surface area contributed by atoms with Crippen molar-refractivity contribution in [3.05, 3.63) is 120 Å². The van der Waals surface area contributed by atoms with Crippen molar-refractivity contribution in [3.8, 4) is 29.2 Å². The molecule has 0 bridgehead atoms. The van der Waals surface area contributed by atoms with Gasteiger partial charge < -0.3 is 13.9 Å². The number of furan rings is 1. The van der Waals surface area contributed by atoms with Crippen LogP contribution in [-0.4, -0.2) is 22.5 Å². The smallest absolute Gasteiger partial charge is 0.282 e. The predicted octanol–water partition coefficient (Wildman–Crippen LogP) is 7.91. The van der Waals surface area contributed by atoms with Crippen LogP contribution < -0.4 is 15.0 Å². The first-order valence-corrected chi connectivity index (χ1v) is 15.1. The van der Waals surface area contributed by atoms with Crippen LogP contribution in [0.25, 0.3) is 33.5 Å². The Hall–Kier alpha value is -4.47. The number of ether oxygens (including phenoxy) is 2. The average Bonchev–Trinajstić information content (AvgIpc) is 3.43. The number of benzene rings is 4. The molecule has 0 saturated heterocycles. The van der Waals surface area contributed by atoms with Crippen LogP contribution in [0.5, 0.6) is 11.5 Å². The van der Waals surface area contributed by atoms with Crippen molar-refractivity contribution >= 4 is 66.6 Å². The first-order valence-electron chi connectivity index (χ1n) is 13.3. The lowest BCUT2D eigenvalue weighted by atomic mass is 10.1. The van der Waals surface area contributed by atoms with E-state index in [1.807, 2.05) is 61.5 Å². The quantitative estimate of drug-likeness (QED) is 0.116. The zero-order valence-corrected chi connectivity index (χ0v) is 26.5. The topological polar surface area (TPSA) is 103 Å². The third kappa shape index (κ3) is 5.91. The van der Waals surface area contributed by atoms with Crippen molar-refractivity contribution in [1.29, 1.82) is 5.26 Å². The molecule has 0 saturated carbocycles. The molecule has 0 spiro atoms. The molecule has 0 aliphatic heterocycles. The minimum atomic E-state index is -0.325. The van der Waals surface area contributed by atoms with Crippen molar-refractivity contribution in [3.63, 3.8) is 0 Å². The van der Waals surface area contributed by atoms with Crippen molar-refractivity contribution < 1.29 is 13.9 Å². The monoisotopic (exact) mass is 744 g/mol. The first-order chi connectivity index (χ1) is 20.9. The highest BCUT2D eigenvalue weighted by Crippen LogP contribution is 2.35. The SMILES string of the molecule is CCOc1cc(C=Nn2c(-c3cc4cc(Br)ccc4o3)nc3ccccc3c2=O)cc(I)c1OCc1ccccc1C#N. The zero-order chi connectivity index (χ0) is 29.9. The third-order valence-electron chi connectivity index (χ3n) is 6.62. The van der Waals surface area contributed by atoms with Crippen molar-refractivity contribution in [2.24, 2.45) is 5.10 Å². The van der Waals surface area contributed by atoms with Crippen LogP contribution in [0.2, 0.25) is 0 Å². The van der Waals surface area contributed by atoms with Gasteiger partial charge in [0.1, 0.15) is 12.2 Å². The third-order valence-corrected chi connectivity index (χ3v) is 7.91. The molecule has 6 aromatic rings. The summed E-state index contributed by atoms with van der Waals surface area (Å²) in [4.78, 5) is 18.4. The van der Waals surface area contributed by atoms with Gasteiger partial charge in [0.25, 0.3) is 5.56 Å². The molecule has 8 nitrogen and oxygen atoms in total. The van der Waals surface area contributed by atoms with Gasteiger partial charge in [0.05, 0.1) is 38.9 Å². The number of hydrogen-bond donors (Lipinski definition) is 0. The second-order valence-corrected chi connectivity index (χ2v) is 11.5. The average molecular weight is 745 g/mol. The molecule has 0 aliphatic carbocycles. The number of fused-ring (bicyclic) bond motifs is 2. The number of halogens is 2. The molecule has 0 radical (unpaired) electrons. The Morgan fingerprint density at radius 3 is 2.72 bits per heavy atom. The Balaban J connectivity index is 1.40. The van der Waals surface area contributed by atoms with E-state index in [-0.39, 0.29) is 18.0 Å². The molecule has 0 N–H and O–H groups in total. The predicted molar refractivity (Wildman–Crippen MR) is 178 cm³/mol. The van der Waals surface area contributed by atoms with E-state index in [4.69, 9.17) is 18.9 Å². The van der Waals surface area contributed by atoms with Crippen LogP contribution in [0, 0.1) is 14.9 Å². The molecule has 0 unspecified atom stereocenters. The van der Waals surface area contributed by atoms with Gasteiger partial charge in [-0.1, -0.05) is 46.3 Å². The summed E-state index contributed by atoms with van der Waals surface area (Å²) in [7, 11) is 0. The fourth-order valence-electron chi connectivity index (χ4n) is 4.61. The van der Waals surface area contributed by atoms with E-state index in [1.165, 1.54) is 4.68 Å². The van der Waals surface area contributed by atoms with E-state index in [0.29, 0.717) is 51.5 Å². The van der Waals surface area contributed by atoms with Gasteiger partial charge in [-0.25, -0.2) is 4.98 Å². The van der Waals surface area contributed by atoms with Crippen LogP contribution in [0.15, 0.2) is 104 Å². The highest BCUT2D eigenvalue weighted by Gasteiger charge is 2.17. The maximum Gasteiger partial charge on any atom is 0.282 e. The second-order valence-electron chi connectivity index (χ2n) is 9.43. The van der Waals surface area contributed by atoms with Crippen molar-refractivity contribution in [2.45, 2.75) is 13.5 Å². The van der Waals surface area contributed by atoms with E-state index in [9.17, 15) is 10.1 Å². The van der Waals surface area contributed by atoms with Crippen LogP contribution in [0.1, 0.15) is 23.6 Å². The molecule has 0 atom stereocenters. The lowest BCUT2D eigenvalue weighted by Gasteiger charge is -2.15. The van der Waals surface area contributed by atoms with Gasteiger partial charge >= 0.3 is 0 Å². The van der Waals surface area contributed by atoms with Crippen LogP contribution in [-0.2, 0) is 6.61 Å². The number of aromatic nitrogens is 2. The van der Waals surface area contributed by atoms with Crippen molar-refractivity contribution in [1.82, 2.24) is 9.66 Å². The minimum absolute atomic E-state index is 0.211. The molecule has 6 rings (SSSR count). The molecule has 0 aliphatic rings. The van der Waals surface area contributed by atoms with Crippen LogP contribution in [0.3, 0.4) is 0 Å². The van der Waals surface area contributed by atoms with Crippen molar-refractivity contribution in [2.75, 3.05) is 6.61 Å². The standard InChI is InChI=1S/C33H22BrIN4O4/c1-2-41-29-14-20(13-26(35)31(29)42-19-22-8-4-3-7-21(22)17-36)18-37-39-32(38-27-10-6-5-9-25(27)33(39)40)30-16-23-15-24(34)11-12-28(23)43-30/h3-16,18H,2,19H2,1H3. The summed E-state index contributed by atoms with van der Waals surface area (Å²) in [5.74, 6) is 1.78. The number of para-hydroxylation sites is 1. The Morgan fingerprint density at radius 1 is 1.07 bits per heavy atom. The molecule has 2 heterocycles. The Bertz CT molecular complexity index is 2130. The molecule has 4 aromatic carbocycles. The summed E-state index contributed by atoms with van der Waals surface area (Å²) >= 11 is 5.67. The normalized spacial score (nSPS) is 11.3.